The van der Waals surface area contributed by atoms with Crippen LogP contribution < -0.4 is 0 Å². The molecule has 1 aromatic rings. The number of hydrogen-bond donors (Lipinski definition) is 0. The molecule has 106 valence electrons. The second-order valence-corrected chi connectivity index (χ2v) is 10.3. The van der Waals surface area contributed by atoms with Gasteiger partial charge in [0.05, 0.1) is 0 Å². The van der Waals surface area contributed by atoms with E-state index in [2.05, 4.69) is 63.3 Å². The van der Waals surface area contributed by atoms with Crippen molar-refractivity contribution in [1.82, 2.24) is 0 Å². The van der Waals surface area contributed by atoms with Gasteiger partial charge in [-0.05, 0) is 0 Å². The molecule has 0 spiro atoms. The summed E-state index contributed by atoms with van der Waals surface area (Å²) in [6.45, 7) is 6.92. The van der Waals surface area contributed by atoms with Crippen molar-refractivity contribution in [1.29, 1.82) is 0 Å². The first-order valence-corrected chi connectivity index (χ1v) is 8.99. The molecule has 2 aliphatic rings. The van der Waals surface area contributed by atoms with Gasteiger partial charge >= 0.3 is 122 Å². The minimum absolute atomic E-state index is 0. The SMILES string of the molecule is Cc1cc(C)c2c(c1)C=C[C]2(C)[Zr][C]1=CC=CC1.Cl.Cl. The molecule has 1 aromatic carbocycles. The number of aryl methyl sites for hydroxylation is 2. The van der Waals surface area contributed by atoms with E-state index in [4.69, 9.17) is 0 Å². The van der Waals surface area contributed by atoms with Crippen LogP contribution in [0, 0.1) is 13.8 Å². The van der Waals surface area contributed by atoms with Gasteiger partial charge in [-0.2, -0.15) is 0 Å². The van der Waals surface area contributed by atoms with Crippen molar-refractivity contribution in [2.45, 2.75) is 30.3 Å². The summed E-state index contributed by atoms with van der Waals surface area (Å²) in [6, 6.07) is 4.68. The molecule has 1 atom stereocenters. The molecule has 0 aromatic heterocycles. The number of allylic oxidation sites excluding steroid dienone is 5. The van der Waals surface area contributed by atoms with Crippen molar-refractivity contribution < 1.29 is 23.2 Å². The van der Waals surface area contributed by atoms with E-state index in [1.165, 1.54) is 23.1 Å². The van der Waals surface area contributed by atoms with Gasteiger partial charge in [0, 0.05) is 0 Å². The average molecular weight is 386 g/mol. The molecule has 0 amide bonds. The van der Waals surface area contributed by atoms with Crippen LogP contribution in [0.5, 0.6) is 0 Å². The molecule has 0 nitrogen and oxygen atoms in total. The largest absolute Gasteiger partial charge is 0.147 e. The summed E-state index contributed by atoms with van der Waals surface area (Å²) in [5.74, 6) is 0. The predicted molar refractivity (Wildman–Crippen MR) is 88.6 cm³/mol. The third-order valence-electron chi connectivity index (χ3n) is 3.82. The summed E-state index contributed by atoms with van der Waals surface area (Å²) < 4.78 is 2.08. The molecule has 1 unspecified atom stereocenters. The third kappa shape index (κ3) is 3.21. The van der Waals surface area contributed by atoms with Crippen molar-refractivity contribution in [3.8, 4) is 0 Å². The van der Waals surface area contributed by atoms with Gasteiger partial charge < -0.3 is 0 Å². The Bertz CT molecular complexity index is 599. The Balaban J connectivity index is 0.000001000. The van der Waals surface area contributed by atoms with Gasteiger partial charge in [-0.15, -0.1) is 24.8 Å². The molecule has 0 saturated heterocycles. The number of benzene rings is 1. The van der Waals surface area contributed by atoms with Gasteiger partial charge in [-0.3, -0.25) is 0 Å². The predicted octanol–water partition coefficient (Wildman–Crippen LogP) is 5.32. The number of halogens is 2. The first kappa shape index (κ1) is 18.0. The van der Waals surface area contributed by atoms with Crippen molar-refractivity contribution in [3.05, 3.63) is 62.0 Å². The van der Waals surface area contributed by atoms with Gasteiger partial charge in [-0.25, -0.2) is 0 Å². The van der Waals surface area contributed by atoms with Crippen LogP contribution in [-0.4, -0.2) is 0 Å². The number of hydrogen-bond acceptors (Lipinski definition) is 0. The van der Waals surface area contributed by atoms with Crippen LogP contribution in [0.25, 0.3) is 6.08 Å². The average Bonchev–Trinajstić information content (AvgIpc) is 2.87. The molecule has 0 radical (unpaired) electrons. The third-order valence-corrected chi connectivity index (χ3v) is 7.82. The van der Waals surface area contributed by atoms with Gasteiger partial charge in [-0.1, -0.05) is 0 Å². The van der Waals surface area contributed by atoms with E-state index >= 15 is 0 Å². The van der Waals surface area contributed by atoms with Crippen molar-refractivity contribution >= 4 is 30.9 Å². The van der Waals surface area contributed by atoms with Gasteiger partial charge in [0.1, 0.15) is 0 Å². The van der Waals surface area contributed by atoms with Crippen LogP contribution in [0.4, 0.5) is 0 Å². The molecule has 2 aliphatic carbocycles. The van der Waals surface area contributed by atoms with E-state index in [9.17, 15) is 0 Å². The molecule has 0 fully saturated rings. The van der Waals surface area contributed by atoms with Crippen LogP contribution >= 0.6 is 24.8 Å². The van der Waals surface area contributed by atoms with Crippen molar-refractivity contribution in [2.75, 3.05) is 0 Å². The summed E-state index contributed by atoms with van der Waals surface area (Å²) in [7, 11) is 0. The van der Waals surface area contributed by atoms with Crippen LogP contribution in [0.15, 0.2) is 39.7 Å². The Hall–Kier alpha value is -0.0969. The Kier molecular flexibility index (Phi) is 6.08. The summed E-state index contributed by atoms with van der Waals surface area (Å²) in [4.78, 5) is 0. The van der Waals surface area contributed by atoms with E-state index in [1.54, 1.807) is 8.84 Å². The summed E-state index contributed by atoms with van der Waals surface area (Å²) in [5.41, 5.74) is 5.92. The first-order chi connectivity index (χ1) is 8.58. The topological polar surface area (TPSA) is 0 Å². The molecule has 0 aliphatic heterocycles. The van der Waals surface area contributed by atoms with Crippen molar-refractivity contribution in [3.63, 3.8) is 0 Å². The van der Waals surface area contributed by atoms with E-state index in [0.717, 1.165) is 0 Å². The van der Waals surface area contributed by atoms with E-state index in [1.807, 2.05) is 0 Å². The van der Waals surface area contributed by atoms with E-state index in [0.29, 0.717) is 3.12 Å². The quantitative estimate of drug-likeness (QED) is 0.646. The van der Waals surface area contributed by atoms with Gasteiger partial charge in [0.2, 0.25) is 0 Å². The van der Waals surface area contributed by atoms with Gasteiger partial charge in [0.15, 0.2) is 0 Å². The minimum Gasteiger partial charge on any atom is -0.147 e. The normalized spacial score (nSPS) is 21.9. The molecule has 0 N–H and O–H groups in total. The number of rotatable bonds is 2. The smallest absolute Gasteiger partial charge is 0.147 e. The Morgan fingerprint density at radius 1 is 1.15 bits per heavy atom. The Morgan fingerprint density at radius 3 is 2.55 bits per heavy atom. The molecule has 0 bridgehead atoms. The zero-order valence-corrected chi connectivity index (χ0v) is 16.2. The molecule has 20 heavy (non-hydrogen) atoms. The van der Waals surface area contributed by atoms with Crippen LogP contribution in [0.3, 0.4) is 0 Å². The second kappa shape index (κ2) is 6.78. The maximum absolute atomic E-state index is 2.47. The standard InChI is InChI=1S/C12H13.C5H5.2ClH.Zr/c1-8-6-10(3)12-9(2)4-5-11(12)7-8;1-2-4-5-3-1;;;/h4-7H,1-3H3;1-3H,4H2;2*1H;. The summed E-state index contributed by atoms with van der Waals surface area (Å²) in [5, 5.41) is 0. The maximum Gasteiger partial charge on any atom is -0.147 e. The summed E-state index contributed by atoms with van der Waals surface area (Å²) in [6.07, 6.45) is 12.9. The fourth-order valence-electron chi connectivity index (χ4n) is 3.16. The fourth-order valence-corrected chi connectivity index (χ4v) is 7.34. The molecule has 3 rings (SSSR count). The molecular formula is C17H20Cl2Zr. The molecular weight excluding hydrogens is 366 g/mol. The zero-order chi connectivity index (χ0) is 12.8. The van der Waals surface area contributed by atoms with Gasteiger partial charge in [0.25, 0.3) is 0 Å². The van der Waals surface area contributed by atoms with Crippen LogP contribution in [0.1, 0.15) is 35.6 Å². The Labute approximate surface area is 145 Å². The number of fused-ring (bicyclic) bond motifs is 1. The molecule has 0 saturated carbocycles. The minimum atomic E-state index is -0.578. The Morgan fingerprint density at radius 2 is 1.90 bits per heavy atom. The van der Waals surface area contributed by atoms with Crippen LogP contribution in [0.2, 0.25) is 0 Å². The van der Waals surface area contributed by atoms with E-state index < -0.39 is 23.2 Å². The molecule has 0 heterocycles. The zero-order valence-electron chi connectivity index (χ0n) is 12.1. The fraction of sp³-hybridized carbons (Fsp3) is 0.294. The van der Waals surface area contributed by atoms with Crippen molar-refractivity contribution in [2.24, 2.45) is 0 Å². The van der Waals surface area contributed by atoms with Crippen LogP contribution in [-0.2, 0) is 26.4 Å². The molecule has 3 heteroatoms. The maximum atomic E-state index is 2.47. The first-order valence-electron chi connectivity index (χ1n) is 6.53. The second-order valence-electron chi connectivity index (χ2n) is 5.53. The summed E-state index contributed by atoms with van der Waals surface area (Å²) >= 11 is -0.578. The monoisotopic (exact) mass is 384 g/mol. The van der Waals surface area contributed by atoms with E-state index in [-0.39, 0.29) is 24.8 Å².